The number of ether oxygens (including phenoxy) is 3. The van der Waals surface area contributed by atoms with Crippen molar-refractivity contribution in [3.8, 4) is 5.75 Å². The molecule has 0 spiro atoms. The van der Waals surface area contributed by atoms with Crippen LogP contribution in [0.1, 0.15) is 22.8 Å². The van der Waals surface area contributed by atoms with Crippen LogP contribution in [0.4, 0.5) is 15.9 Å². The highest BCUT2D eigenvalue weighted by atomic mass is 32.2. The van der Waals surface area contributed by atoms with E-state index >= 15 is 0 Å². The zero-order valence-electron chi connectivity index (χ0n) is 19.9. The van der Waals surface area contributed by atoms with Gasteiger partial charge in [0.2, 0.25) is 0 Å². The van der Waals surface area contributed by atoms with Crippen molar-refractivity contribution in [1.29, 1.82) is 0 Å². The summed E-state index contributed by atoms with van der Waals surface area (Å²) in [6, 6.07) is 4.02. The number of nitrogens with one attached hydrogen (secondary N) is 1. The number of carbonyl (C=O) groups is 1. The lowest BCUT2D eigenvalue weighted by molar-refractivity contribution is 0.00871. The van der Waals surface area contributed by atoms with Gasteiger partial charge in [-0.25, -0.2) is 18.1 Å². The number of hydrogen-bond acceptors (Lipinski definition) is 9. The molecule has 13 heteroatoms. The van der Waals surface area contributed by atoms with Gasteiger partial charge in [-0.3, -0.25) is 4.79 Å². The molecule has 5 atom stereocenters. The Hall–Kier alpha value is -3.13. The van der Waals surface area contributed by atoms with Crippen LogP contribution in [-0.2, 0) is 19.2 Å². The maximum atomic E-state index is 14.2. The van der Waals surface area contributed by atoms with Crippen molar-refractivity contribution in [1.82, 2.24) is 14.6 Å². The van der Waals surface area contributed by atoms with Crippen molar-refractivity contribution in [2.24, 2.45) is 4.36 Å². The molecule has 2 aliphatic rings. The van der Waals surface area contributed by atoms with E-state index in [1.165, 1.54) is 41.5 Å². The zero-order valence-corrected chi connectivity index (χ0v) is 20.7. The van der Waals surface area contributed by atoms with E-state index in [2.05, 4.69) is 19.8 Å². The summed E-state index contributed by atoms with van der Waals surface area (Å²) in [5.74, 6) is -0.297. The Bertz CT molecular complexity index is 1450. The first kappa shape index (κ1) is 24.6. The predicted octanol–water partition coefficient (Wildman–Crippen LogP) is 2.08. The smallest absolute Gasteiger partial charge is 0.286 e. The van der Waals surface area contributed by atoms with E-state index in [-0.39, 0.29) is 30.3 Å². The van der Waals surface area contributed by atoms with Crippen LogP contribution in [0.15, 0.2) is 35.1 Å². The van der Waals surface area contributed by atoms with E-state index in [1.807, 2.05) is 0 Å². The second-order valence-corrected chi connectivity index (χ2v) is 11.5. The third kappa shape index (κ3) is 4.54. The Kier molecular flexibility index (Phi) is 6.41. The highest BCUT2D eigenvalue weighted by Gasteiger charge is 2.48. The van der Waals surface area contributed by atoms with Crippen molar-refractivity contribution < 1.29 is 32.7 Å². The zero-order chi connectivity index (χ0) is 25.6. The summed E-state index contributed by atoms with van der Waals surface area (Å²) in [4.78, 5) is 17.1. The number of anilines is 2. The summed E-state index contributed by atoms with van der Waals surface area (Å²) >= 11 is 0. The summed E-state index contributed by atoms with van der Waals surface area (Å²) in [6.07, 6.45) is 2.03. The SMILES string of the molecule is CCS(C)(=O)=NC(=O)c1cn2ncnc(Nc3ccc(F)cc3O[C@@H]3CO[C@H]4[C@@H]3OC[C@H]4O)c2c1C. The van der Waals surface area contributed by atoms with E-state index in [0.717, 1.165) is 0 Å². The van der Waals surface area contributed by atoms with Gasteiger partial charge in [0.15, 0.2) is 11.9 Å². The maximum absolute atomic E-state index is 14.2. The monoisotopic (exact) mass is 519 g/mol. The van der Waals surface area contributed by atoms with Gasteiger partial charge in [-0.2, -0.15) is 9.46 Å². The number of aliphatic hydroxyl groups is 1. The Labute approximate surface area is 206 Å². The van der Waals surface area contributed by atoms with Crippen LogP contribution in [0.3, 0.4) is 0 Å². The molecule has 5 rings (SSSR count). The van der Waals surface area contributed by atoms with Crippen LogP contribution in [0, 0.1) is 12.7 Å². The Morgan fingerprint density at radius 1 is 1.36 bits per heavy atom. The van der Waals surface area contributed by atoms with Crippen molar-refractivity contribution in [3.05, 3.63) is 47.7 Å². The molecule has 0 radical (unpaired) electrons. The maximum Gasteiger partial charge on any atom is 0.286 e. The van der Waals surface area contributed by atoms with E-state index in [1.54, 1.807) is 13.8 Å². The Morgan fingerprint density at radius 2 is 2.14 bits per heavy atom. The van der Waals surface area contributed by atoms with Crippen molar-refractivity contribution in [2.75, 3.05) is 30.5 Å². The normalized spacial score (nSPS) is 24.9. The third-order valence-corrected chi connectivity index (χ3v) is 7.95. The van der Waals surface area contributed by atoms with Crippen LogP contribution >= 0.6 is 0 Å². The summed E-state index contributed by atoms with van der Waals surface area (Å²) in [5.41, 5.74) is 1.71. The fourth-order valence-electron chi connectivity index (χ4n) is 4.29. The predicted molar refractivity (Wildman–Crippen MR) is 129 cm³/mol. The minimum atomic E-state index is -2.63. The van der Waals surface area contributed by atoms with E-state index in [9.17, 15) is 18.5 Å². The number of aromatic nitrogens is 3. The highest BCUT2D eigenvalue weighted by molar-refractivity contribution is 7.93. The number of amides is 1. The molecule has 192 valence electrons. The molecule has 0 saturated carbocycles. The van der Waals surface area contributed by atoms with Crippen LogP contribution in [0.5, 0.6) is 5.75 Å². The van der Waals surface area contributed by atoms with Gasteiger partial charge in [0.1, 0.15) is 41.7 Å². The first-order valence-corrected chi connectivity index (χ1v) is 13.5. The quantitative estimate of drug-likeness (QED) is 0.502. The number of halogens is 1. The first-order valence-electron chi connectivity index (χ1n) is 11.4. The Morgan fingerprint density at radius 3 is 2.92 bits per heavy atom. The molecule has 1 amide bonds. The molecule has 3 aromatic rings. The summed E-state index contributed by atoms with van der Waals surface area (Å²) in [6.45, 7) is 3.76. The molecule has 11 nitrogen and oxygen atoms in total. The molecule has 0 bridgehead atoms. The number of aliphatic hydroxyl groups excluding tert-OH is 1. The molecule has 1 aromatic carbocycles. The van der Waals surface area contributed by atoms with Gasteiger partial charge in [-0.05, 0) is 24.6 Å². The second-order valence-electron chi connectivity index (χ2n) is 8.80. The van der Waals surface area contributed by atoms with Gasteiger partial charge in [0.05, 0.1) is 34.2 Å². The second kappa shape index (κ2) is 9.39. The van der Waals surface area contributed by atoms with Crippen LogP contribution in [0.2, 0.25) is 0 Å². The molecular weight excluding hydrogens is 493 g/mol. The van der Waals surface area contributed by atoms with E-state index < -0.39 is 45.9 Å². The molecule has 2 aromatic heterocycles. The molecular formula is C23H26FN5O6S. The van der Waals surface area contributed by atoms with Crippen LogP contribution in [0.25, 0.3) is 5.52 Å². The molecule has 2 aliphatic heterocycles. The number of carbonyl (C=O) groups excluding carboxylic acids is 1. The number of fused-ring (bicyclic) bond motifs is 2. The van der Waals surface area contributed by atoms with Gasteiger partial charge in [-0.1, -0.05) is 6.92 Å². The number of aryl methyl sites for hydroxylation is 1. The molecule has 4 heterocycles. The first-order chi connectivity index (χ1) is 17.2. The standard InChI is InChI=1S/C23H26FN5O6S/c1-4-36(3,32)28-23(31)14-8-29-19(12(14)2)22(25-11-26-29)27-15-6-5-13(24)7-17(15)35-18-10-34-20-16(30)9-33-21(18)20/h5-8,11,16,18,20-21,30H,4,9-10H2,1-3H3,(H,25,26,27)/t16-,18-,20-,21-,36?/m1/s1. The summed E-state index contributed by atoms with van der Waals surface area (Å²) in [5, 5.41) is 17.3. The fraction of sp³-hybridized carbons (Fsp3) is 0.435. The average molecular weight is 520 g/mol. The minimum absolute atomic E-state index is 0.147. The fourth-order valence-corrected chi connectivity index (χ4v) is 4.87. The van der Waals surface area contributed by atoms with Gasteiger partial charge >= 0.3 is 0 Å². The Balaban J connectivity index is 1.47. The molecule has 0 aliphatic carbocycles. The molecule has 1 unspecified atom stereocenters. The van der Waals surface area contributed by atoms with Crippen molar-refractivity contribution in [2.45, 2.75) is 38.3 Å². The largest absolute Gasteiger partial charge is 0.483 e. The lowest BCUT2D eigenvalue weighted by Crippen LogP contribution is -2.34. The molecule has 36 heavy (non-hydrogen) atoms. The van der Waals surface area contributed by atoms with Gasteiger partial charge in [0.25, 0.3) is 5.91 Å². The topological polar surface area (TPSA) is 137 Å². The summed E-state index contributed by atoms with van der Waals surface area (Å²) < 4.78 is 49.1. The lowest BCUT2D eigenvalue weighted by atomic mass is 10.1. The molecule has 2 fully saturated rings. The highest BCUT2D eigenvalue weighted by Crippen LogP contribution is 2.35. The number of nitrogens with zero attached hydrogens (tertiary/aromatic N) is 4. The number of benzene rings is 1. The number of hydrogen-bond donors (Lipinski definition) is 2. The third-order valence-electron chi connectivity index (χ3n) is 6.33. The number of rotatable bonds is 6. The van der Waals surface area contributed by atoms with Gasteiger partial charge in [-0.15, -0.1) is 0 Å². The molecule has 2 N–H and O–H groups in total. The average Bonchev–Trinajstić information content (AvgIpc) is 3.51. The van der Waals surface area contributed by atoms with E-state index in [0.29, 0.717) is 22.6 Å². The van der Waals surface area contributed by atoms with Gasteiger partial charge in [0, 0.05) is 24.3 Å². The van der Waals surface area contributed by atoms with Gasteiger partial charge < -0.3 is 24.6 Å². The van der Waals surface area contributed by atoms with Crippen molar-refractivity contribution in [3.63, 3.8) is 0 Å². The van der Waals surface area contributed by atoms with Crippen molar-refractivity contribution >= 4 is 32.7 Å². The van der Waals surface area contributed by atoms with E-state index in [4.69, 9.17) is 14.2 Å². The minimum Gasteiger partial charge on any atom is -0.483 e. The lowest BCUT2D eigenvalue weighted by Gasteiger charge is -2.20. The molecule has 2 saturated heterocycles. The van der Waals surface area contributed by atoms with Crippen LogP contribution in [-0.4, -0.2) is 79.5 Å². The van der Waals surface area contributed by atoms with Crippen LogP contribution < -0.4 is 10.1 Å². The summed E-state index contributed by atoms with van der Waals surface area (Å²) in [7, 11) is -2.63.